The molecule has 58 heavy (non-hydrogen) atoms. The van der Waals surface area contributed by atoms with Crippen LogP contribution in [0.25, 0.3) is 120 Å². The maximum Gasteiger partial charge on any atom is -0.00139 e. The molecule has 0 saturated heterocycles. The quantitative estimate of drug-likeness (QED) is 0.125. The van der Waals surface area contributed by atoms with Gasteiger partial charge >= 0.3 is 0 Å². The first-order chi connectivity index (χ1) is 28.8. The van der Waals surface area contributed by atoms with Crippen LogP contribution < -0.4 is 0 Å². The highest BCUT2D eigenvalue weighted by Gasteiger charge is 2.24. The van der Waals surface area contributed by atoms with Crippen molar-refractivity contribution in [3.63, 3.8) is 0 Å². The summed E-state index contributed by atoms with van der Waals surface area (Å²) in [5.41, 5.74) is 9.91. The molecule has 0 radical (unpaired) electrons. The van der Waals surface area contributed by atoms with Crippen molar-refractivity contribution in [2.24, 2.45) is 0 Å². The zero-order valence-corrected chi connectivity index (χ0v) is 31.8. The molecule has 0 aromatic heterocycles. The van der Waals surface area contributed by atoms with Crippen molar-refractivity contribution in [3.05, 3.63) is 218 Å². The van der Waals surface area contributed by atoms with E-state index in [0.717, 1.165) is 0 Å². The van der Waals surface area contributed by atoms with Crippen LogP contribution in [0.4, 0.5) is 0 Å². The Morgan fingerprint density at radius 3 is 1.03 bits per heavy atom. The molecule has 0 atom stereocenters. The van der Waals surface area contributed by atoms with Gasteiger partial charge in [-0.3, -0.25) is 0 Å². The Hall–Kier alpha value is -7.54. The summed E-state index contributed by atoms with van der Waals surface area (Å²) in [6.45, 7) is 0. The van der Waals surface area contributed by atoms with Crippen LogP contribution in [-0.2, 0) is 0 Å². The monoisotopic (exact) mass is 732 g/mol. The van der Waals surface area contributed by atoms with Crippen molar-refractivity contribution in [2.45, 2.75) is 0 Å². The van der Waals surface area contributed by atoms with Crippen LogP contribution in [0.15, 0.2) is 218 Å². The number of fused-ring (bicyclic) bond motifs is 10. The van der Waals surface area contributed by atoms with Crippen LogP contribution in [0.3, 0.4) is 0 Å². The molecule has 0 aliphatic heterocycles. The van der Waals surface area contributed by atoms with E-state index >= 15 is 0 Å². The minimum absolute atomic E-state index is 1.21. The molecule has 0 N–H and O–H groups in total. The smallest absolute Gasteiger partial charge is 0.00139 e. The Balaban J connectivity index is 1.24. The molecule has 0 bridgehead atoms. The minimum atomic E-state index is 1.21. The van der Waals surface area contributed by atoms with Crippen molar-refractivity contribution in [2.75, 3.05) is 0 Å². The van der Waals surface area contributed by atoms with E-state index in [0.29, 0.717) is 0 Å². The van der Waals surface area contributed by atoms with E-state index in [1.165, 1.54) is 120 Å². The third-order valence-corrected chi connectivity index (χ3v) is 12.4. The van der Waals surface area contributed by atoms with Crippen molar-refractivity contribution in [1.29, 1.82) is 0 Å². The molecule has 0 nitrogen and oxygen atoms in total. The van der Waals surface area contributed by atoms with Crippen LogP contribution in [0.5, 0.6) is 0 Å². The standard InChI is InChI=1S/C58H36/c1-3-17-39-35-41(33-31-37(39)15-1)43-27-13-28-44(42-34-32-38-16-2-4-18-40(38)36-42)57(43)58-52-25-11-9-23-50(52)56(51-24-10-12-26-53(51)58)54-30-14-29-49-47-20-6-5-19-45(47)46-21-7-8-22-48(46)55(49)54/h1-36H. The molecule has 0 fully saturated rings. The predicted molar refractivity (Wildman–Crippen MR) is 251 cm³/mol. The fraction of sp³-hybridized carbons (Fsp3) is 0. The van der Waals surface area contributed by atoms with E-state index in [4.69, 9.17) is 0 Å². The van der Waals surface area contributed by atoms with Crippen LogP contribution in [0.1, 0.15) is 0 Å². The lowest BCUT2D eigenvalue weighted by Gasteiger charge is -2.23. The third-order valence-electron chi connectivity index (χ3n) is 12.4. The molecule has 0 heterocycles. The predicted octanol–water partition coefficient (Wildman–Crippen LogP) is 16.4. The highest BCUT2D eigenvalue weighted by Crippen LogP contribution is 2.51. The molecular formula is C58H36. The Labute approximate surface area is 336 Å². The second-order valence-electron chi connectivity index (χ2n) is 15.5. The zero-order valence-electron chi connectivity index (χ0n) is 31.8. The molecule has 268 valence electrons. The van der Waals surface area contributed by atoms with Gasteiger partial charge in [0.05, 0.1) is 0 Å². The zero-order chi connectivity index (χ0) is 38.2. The van der Waals surface area contributed by atoms with Gasteiger partial charge in [0.2, 0.25) is 0 Å². The average molecular weight is 733 g/mol. The van der Waals surface area contributed by atoms with Gasteiger partial charge in [0, 0.05) is 0 Å². The van der Waals surface area contributed by atoms with E-state index < -0.39 is 0 Å². The van der Waals surface area contributed by atoms with Gasteiger partial charge in [-0.05, 0) is 132 Å². The summed E-state index contributed by atoms with van der Waals surface area (Å²) in [7, 11) is 0. The maximum atomic E-state index is 2.36. The number of hydrogen-bond acceptors (Lipinski definition) is 0. The summed E-state index contributed by atoms with van der Waals surface area (Å²) < 4.78 is 0. The van der Waals surface area contributed by atoms with E-state index in [9.17, 15) is 0 Å². The second kappa shape index (κ2) is 13.0. The molecule has 12 aromatic carbocycles. The first kappa shape index (κ1) is 32.7. The van der Waals surface area contributed by atoms with Gasteiger partial charge in [0.1, 0.15) is 0 Å². The molecule has 0 aliphatic rings. The van der Waals surface area contributed by atoms with E-state index in [-0.39, 0.29) is 0 Å². The van der Waals surface area contributed by atoms with Gasteiger partial charge in [-0.2, -0.15) is 0 Å². The van der Waals surface area contributed by atoms with Crippen LogP contribution in [0.2, 0.25) is 0 Å². The van der Waals surface area contributed by atoms with E-state index in [1.807, 2.05) is 0 Å². The molecule has 0 amide bonds. The molecule has 0 saturated carbocycles. The Morgan fingerprint density at radius 2 is 0.534 bits per heavy atom. The van der Waals surface area contributed by atoms with Crippen LogP contribution in [0, 0.1) is 0 Å². The van der Waals surface area contributed by atoms with Gasteiger partial charge in [-0.25, -0.2) is 0 Å². The fourth-order valence-corrected chi connectivity index (χ4v) is 9.87. The normalized spacial score (nSPS) is 11.8. The summed E-state index contributed by atoms with van der Waals surface area (Å²) in [5.74, 6) is 0. The lowest BCUT2D eigenvalue weighted by Crippen LogP contribution is -1.96. The van der Waals surface area contributed by atoms with Crippen molar-refractivity contribution in [3.8, 4) is 44.5 Å². The van der Waals surface area contributed by atoms with Crippen molar-refractivity contribution < 1.29 is 0 Å². The largest absolute Gasteiger partial charge is 0.0616 e. The summed E-state index contributed by atoms with van der Waals surface area (Å²) in [5, 5.41) is 17.7. The molecule has 12 aromatic rings. The number of hydrogen-bond donors (Lipinski definition) is 0. The summed E-state index contributed by atoms with van der Waals surface area (Å²) in [4.78, 5) is 0. The molecule has 0 spiro atoms. The van der Waals surface area contributed by atoms with Gasteiger partial charge in [-0.1, -0.05) is 206 Å². The summed E-state index contributed by atoms with van der Waals surface area (Å²) in [6, 6.07) is 81.1. The van der Waals surface area contributed by atoms with Gasteiger partial charge in [-0.15, -0.1) is 0 Å². The molecule has 0 unspecified atom stereocenters. The van der Waals surface area contributed by atoms with Crippen LogP contribution >= 0.6 is 0 Å². The first-order valence-electron chi connectivity index (χ1n) is 20.2. The molecule has 0 heteroatoms. The van der Waals surface area contributed by atoms with Gasteiger partial charge < -0.3 is 0 Å². The highest BCUT2D eigenvalue weighted by atomic mass is 14.3. The minimum Gasteiger partial charge on any atom is -0.0616 e. The topological polar surface area (TPSA) is 0 Å². The lowest BCUT2D eigenvalue weighted by atomic mass is 9.79. The second-order valence-corrected chi connectivity index (χ2v) is 15.5. The third kappa shape index (κ3) is 4.95. The van der Waals surface area contributed by atoms with Gasteiger partial charge in [0.25, 0.3) is 0 Å². The van der Waals surface area contributed by atoms with Gasteiger partial charge in [0.15, 0.2) is 0 Å². The van der Waals surface area contributed by atoms with E-state index in [2.05, 4.69) is 218 Å². The Kier molecular flexibility index (Phi) is 7.33. The van der Waals surface area contributed by atoms with Crippen molar-refractivity contribution >= 4 is 75.4 Å². The maximum absolute atomic E-state index is 2.36. The summed E-state index contributed by atoms with van der Waals surface area (Å²) >= 11 is 0. The average Bonchev–Trinajstić information content (AvgIpc) is 3.30. The Morgan fingerprint density at radius 1 is 0.190 bits per heavy atom. The highest BCUT2D eigenvalue weighted by molar-refractivity contribution is 6.32. The number of benzene rings is 12. The SMILES string of the molecule is c1cc(-c2ccc3ccccc3c2)c(-c2c3ccccc3c(-c3cccc4c5ccccc5c5ccccc5c34)c3ccccc23)c(-c2ccc3ccccc3c2)c1. The lowest BCUT2D eigenvalue weighted by molar-refractivity contribution is 1.60. The first-order valence-corrected chi connectivity index (χ1v) is 20.2. The molecule has 12 rings (SSSR count). The fourth-order valence-electron chi connectivity index (χ4n) is 9.87. The van der Waals surface area contributed by atoms with E-state index in [1.54, 1.807) is 0 Å². The molecular weight excluding hydrogens is 697 g/mol. The van der Waals surface area contributed by atoms with Crippen molar-refractivity contribution in [1.82, 2.24) is 0 Å². The summed E-state index contributed by atoms with van der Waals surface area (Å²) in [6.07, 6.45) is 0. The number of rotatable bonds is 4. The molecule has 0 aliphatic carbocycles. The van der Waals surface area contributed by atoms with Crippen LogP contribution in [-0.4, -0.2) is 0 Å². The Bertz CT molecular complexity index is 3420.